The first-order valence-electron chi connectivity index (χ1n) is 8.49. The Morgan fingerprint density at radius 2 is 2.04 bits per heavy atom. The number of piperidine rings is 1. The van der Waals surface area contributed by atoms with Gasteiger partial charge in [0.05, 0.1) is 5.92 Å². The Hall–Kier alpha value is -1.88. The van der Waals surface area contributed by atoms with Crippen LogP contribution in [0.25, 0.3) is 0 Å². The van der Waals surface area contributed by atoms with Crippen LogP contribution in [0.5, 0.6) is 0 Å². The molecule has 2 aliphatic heterocycles. The normalized spacial score (nSPS) is 26.0. The standard InChI is InChI=1S/C18H25N3O2/c1-14-17(22)19-9-11-21(14)18(23)16-8-5-10-20(13-16)12-15-6-3-2-4-7-15/h2-4,6-7,14,16H,5,8-13H2,1H3,(H,19,22). The van der Waals surface area contributed by atoms with Gasteiger partial charge in [-0.3, -0.25) is 14.5 Å². The molecular weight excluding hydrogens is 290 g/mol. The van der Waals surface area contributed by atoms with Crippen molar-refractivity contribution < 1.29 is 9.59 Å². The van der Waals surface area contributed by atoms with Crippen LogP contribution < -0.4 is 5.32 Å². The molecule has 2 aliphatic rings. The Bertz CT molecular complexity index is 561. The third-order valence-electron chi connectivity index (χ3n) is 4.89. The van der Waals surface area contributed by atoms with Gasteiger partial charge in [-0.1, -0.05) is 30.3 Å². The molecule has 5 heteroatoms. The molecule has 1 N–H and O–H groups in total. The van der Waals surface area contributed by atoms with Crippen molar-refractivity contribution in [3.63, 3.8) is 0 Å². The molecular formula is C18H25N3O2. The Balaban J connectivity index is 1.61. The first-order chi connectivity index (χ1) is 11.1. The first kappa shape index (κ1) is 16.0. The van der Waals surface area contributed by atoms with Crippen LogP contribution in [0, 0.1) is 5.92 Å². The lowest BCUT2D eigenvalue weighted by atomic mass is 9.95. The fourth-order valence-electron chi connectivity index (χ4n) is 3.56. The summed E-state index contributed by atoms with van der Waals surface area (Å²) in [6.45, 7) is 5.72. The molecule has 2 saturated heterocycles. The molecule has 5 nitrogen and oxygen atoms in total. The van der Waals surface area contributed by atoms with Gasteiger partial charge in [-0.15, -0.1) is 0 Å². The van der Waals surface area contributed by atoms with Gasteiger partial charge in [0.25, 0.3) is 0 Å². The number of amides is 2. The van der Waals surface area contributed by atoms with E-state index >= 15 is 0 Å². The maximum absolute atomic E-state index is 12.8. The van der Waals surface area contributed by atoms with Crippen LogP contribution in [0.2, 0.25) is 0 Å². The van der Waals surface area contributed by atoms with Gasteiger partial charge >= 0.3 is 0 Å². The molecule has 1 aromatic rings. The number of rotatable bonds is 3. The van der Waals surface area contributed by atoms with E-state index in [1.54, 1.807) is 4.90 Å². The zero-order chi connectivity index (χ0) is 16.2. The molecule has 2 fully saturated rings. The van der Waals surface area contributed by atoms with E-state index in [4.69, 9.17) is 0 Å². The maximum atomic E-state index is 12.8. The van der Waals surface area contributed by atoms with Crippen molar-refractivity contribution in [1.82, 2.24) is 15.1 Å². The lowest BCUT2D eigenvalue weighted by Gasteiger charge is -2.38. The molecule has 0 saturated carbocycles. The number of benzene rings is 1. The molecule has 1 aromatic carbocycles. The minimum atomic E-state index is -0.347. The highest BCUT2D eigenvalue weighted by Gasteiger charge is 2.35. The lowest BCUT2D eigenvalue weighted by molar-refractivity contribution is -0.146. The smallest absolute Gasteiger partial charge is 0.242 e. The van der Waals surface area contributed by atoms with E-state index in [-0.39, 0.29) is 23.8 Å². The second-order valence-corrected chi connectivity index (χ2v) is 6.56. The van der Waals surface area contributed by atoms with Gasteiger partial charge in [0, 0.05) is 26.2 Å². The minimum absolute atomic E-state index is 0.0146. The molecule has 0 bridgehead atoms. The van der Waals surface area contributed by atoms with Gasteiger partial charge in [0.15, 0.2) is 0 Å². The Morgan fingerprint density at radius 1 is 1.26 bits per heavy atom. The molecule has 2 amide bonds. The average molecular weight is 315 g/mol. The molecule has 2 atom stereocenters. The Labute approximate surface area is 137 Å². The van der Waals surface area contributed by atoms with Gasteiger partial charge < -0.3 is 10.2 Å². The summed E-state index contributed by atoms with van der Waals surface area (Å²) in [5.74, 6) is 0.118. The molecule has 23 heavy (non-hydrogen) atoms. The van der Waals surface area contributed by atoms with Gasteiger partial charge in [0.2, 0.25) is 11.8 Å². The molecule has 3 rings (SSSR count). The van der Waals surface area contributed by atoms with E-state index < -0.39 is 0 Å². The van der Waals surface area contributed by atoms with Gasteiger partial charge in [-0.25, -0.2) is 0 Å². The highest BCUT2D eigenvalue weighted by Crippen LogP contribution is 2.22. The van der Waals surface area contributed by atoms with E-state index in [9.17, 15) is 9.59 Å². The van der Waals surface area contributed by atoms with Crippen LogP contribution in [-0.4, -0.2) is 53.8 Å². The second kappa shape index (κ2) is 7.13. The van der Waals surface area contributed by atoms with Crippen LogP contribution in [0.1, 0.15) is 25.3 Å². The number of carbonyl (C=O) groups excluding carboxylic acids is 2. The van der Waals surface area contributed by atoms with E-state index in [0.29, 0.717) is 13.1 Å². The fraction of sp³-hybridized carbons (Fsp3) is 0.556. The quantitative estimate of drug-likeness (QED) is 0.913. The number of likely N-dealkylation sites (tertiary alicyclic amines) is 1. The number of carbonyl (C=O) groups is 2. The highest BCUT2D eigenvalue weighted by atomic mass is 16.2. The van der Waals surface area contributed by atoms with Crippen molar-refractivity contribution in [2.75, 3.05) is 26.2 Å². The fourth-order valence-corrected chi connectivity index (χ4v) is 3.56. The third kappa shape index (κ3) is 3.72. The number of nitrogens with one attached hydrogen (secondary N) is 1. The van der Waals surface area contributed by atoms with Crippen molar-refractivity contribution >= 4 is 11.8 Å². The van der Waals surface area contributed by atoms with E-state index in [1.807, 2.05) is 13.0 Å². The van der Waals surface area contributed by atoms with Gasteiger partial charge in [-0.2, -0.15) is 0 Å². The number of hydrogen-bond acceptors (Lipinski definition) is 3. The van der Waals surface area contributed by atoms with Crippen LogP contribution in [0.3, 0.4) is 0 Å². The summed E-state index contributed by atoms with van der Waals surface area (Å²) >= 11 is 0. The highest BCUT2D eigenvalue weighted by molar-refractivity contribution is 5.89. The largest absolute Gasteiger partial charge is 0.353 e. The zero-order valence-electron chi connectivity index (χ0n) is 13.7. The van der Waals surface area contributed by atoms with E-state index in [0.717, 1.165) is 32.5 Å². The molecule has 2 unspecified atom stereocenters. The third-order valence-corrected chi connectivity index (χ3v) is 4.89. The van der Waals surface area contributed by atoms with Crippen molar-refractivity contribution in [3.05, 3.63) is 35.9 Å². The topological polar surface area (TPSA) is 52.7 Å². The summed E-state index contributed by atoms with van der Waals surface area (Å²) < 4.78 is 0. The predicted octanol–water partition coefficient (Wildman–Crippen LogP) is 1.25. The SMILES string of the molecule is CC1C(=O)NCCN1C(=O)C1CCCN(Cc2ccccc2)C1. The van der Waals surface area contributed by atoms with E-state index in [1.165, 1.54) is 5.56 Å². The van der Waals surface area contributed by atoms with Crippen molar-refractivity contribution in [1.29, 1.82) is 0 Å². The molecule has 0 aliphatic carbocycles. The monoisotopic (exact) mass is 315 g/mol. The van der Waals surface area contributed by atoms with Gasteiger partial charge in [-0.05, 0) is 31.9 Å². The molecule has 0 spiro atoms. The summed E-state index contributed by atoms with van der Waals surface area (Å²) in [7, 11) is 0. The summed E-state index contributed by atoms with van der Waals surface area (Å²) in [5.41, 5.74) is 1.28. The number of hydrogen-bond donors (Lipinski definition) is 1. The summed E-state index contributed by atoms with van der Waals surface area (Å²) in [4.78, 5) is 28.7. The van der Waals surface area contributed by atoms with E-state index in [2.05, 4.69) is 34.5 Å². The van der Waals surface area contributed by atoms with Crippen molar-refractivity contribution in [3.8, 4) is 0 Å². The van der Waals surface area contributed by atoms with Crippen LogP contribution >= 0.6 is 0 Å². The summed E-state index contributed by atoms with van der Waals surface area (Å²) in [5, 5.41) is 2.82. The van der Waals surface area contributed by atoms with Crippen LogP contribution in [0.4, 0.5) is 0 Å². The first-order valence-corrected chi connectivity index (χ1v) is 8.49. The summed E-state index contributed by atoms with van der Waals surface area (Å²) in [6.07, 6.45) is 1.96. The summed E-state index contributed by atoms with van der Waals surface area (Å²) in [6, 6.07) is 10.0. The van der Waals surface area contributed by atoms with Gasteiger partial charge in [0.1, 0.15) is 6.04 Å². The minimum Gasteiger partial charge on any atom is -0.353 e. The zero-order valence-corrected chi connectivity index (χ0v) is 13.7. The van der Waals surface area contributed by atoms with Crippen molar-refractivity contribution in [2.45, 2.75) is 32.4 Å². The maximum Gasteiger partial charge on any atom is 0.242 e. The Morgan fingerprint density at radius 3 is 2.83 bits per heavy atom. The lowest BCUT2D eigenvalue weighted by Crippen LogP contribution is -2.58. The second-order valence-electron chi connectivity index (χ2n) is 6.56. The van der Waals surface area contributed by atoms with Crippen LogP contribution in [0.15, 0.2) is 30.3 Å². The number of nitrogens with zero attached hydrogens (tertiary/aromatic N) is 2. The molecule has 2 heterocycles. The molecule has 124 valence electrons. The average Bonchev–Trinajstić information content (AvgIpc) is 2.58. The van der Waals surface area contributed by atoms with Crippen molar-refractivity contribution in [2.24, 2.45) is 5.92 Å². The molecule has 0 aromatic heterocycles. The predicted molar refractivity (Wildman–Crippen MR) is 88.6 cm³/mol. The Kier molecular flexibility index (Phi) is 4.96. The number of piperazine rings is 1. The molecule has 0 radical (unpaired) electrons. The van der Waals surface area contributed by atoms with Crippen LogP contribution in [-0.2, 0) is 16.1 Å².